The van der Waals surface area contributed by atoms with Gasteiger partial charge in [-0.05, 0) is 51.7 Å². The Balaban J connectivity index is 2.14. The summed E-state index contributed by atoms with van der Waals surface area (Å²) in [6, 6.07) is 6.15. The summed E-state index contributed by atoms with van der Waals surface area (Å²) in [5.74, 6) is 0.455. The molecule has 1 fully saturated rings. The van der Waals surface area contributed by atoms with Crippen LogP contribution in [0.15, 0.2) is 18.2 Å². The molecule has 0 saturated carbocycles. The summed E-state index contributed by atoms with van der Waals surface area (Å²) in [6.45, 7) is 9.56. The molecular weight excluding hydrogens is 284 g/mol. The van der Waals surface area contributed by atoms with Crippen LogP contribution in [0.25, 0.3) is 0 Å². The Morgan fingerprint density at radius 3 is 2.52 bits per heavy atom. The van der Waals surface area contributed by atoms with Gasteiger partial charge in [0.15, 0.2) is 0 Å². The van der Waals surface area contributed by atoms with Gasteiger partial charge in [0.1, 0.15) is 0 Å². The van der Waals surface area contributed by atoms with Gasteiger partial charge in [-0.25, -0.2) is 0 Å². The maximum absolute atomic E-state index is 9.27. The van der Waals surface area contributed by atoms with Crippen molar-refractivity contribution in [3.05, 3.63) is 28.8 Å². The predicted molar refractivity (Wildman–Crippen MR) is 90.1 cm³/mol. The smallest absolute Gasteiger partial charge is 0.0471 e. The van der Waals surface area contributed by atoms with E-state index < -0.39 is 0 Å². The van der Waals surface area contributed by atoms with Crippen LogP contribution in [0.1, 0.15) is 39.2 Å². The minimum Gasteiger partial charge on any atom is -0.396 e. The van der Waals surface area contributed by atoms with Gasteiger partial charge < -0.3 is 15.3 Å². The standard InChI is InChI=1S/C17H27ClN2O/c1-17(2,3)19-11-14-15(18)5-4-6-16(14)20-9-7-13(12-21)8-10-20/h4-6,13,19,21H,7-12H2,1-3H3. The van der Waals surface area contributed by atoms with Gasteiger partial charge in [-0.15, -0.1) is 0 Å². The highest BCUT2D eigenvalue weighted by molar-refractivity contribution is 6.31. The van der Waals surface area contributed by atoms with E-state index in [1.54, 1.807) is 0 Å². The number of hydrogen-bond donors (Lipinski definition) is 2. The number of halogens is 1. The Bertz CT molecular complexity index is 462. The molecule has 0 bridgehead atoms. The van der Waals surface area contributed by atoms with Crippen LogP contribution in [-0.4, -0.2) is 30.3 Å². The van der Waals surface area contributed by atoms with Gasteiger partial charge in [0, 0.05) is 48.1 Å². The van der Waals surface area contributed by atoms with E-state index in [9.17, 15) is 5.11 Å². The second kappa shape index (κ2) is 6.99. The van der Waals surface area contributed by atoms with E-state index in [-0.39, 0.29) is 5.54 Å². The summed E-state index contributed by atoms with van der Waals surface area (Å²) < 4.78 is 0. The van der Waals surface area contributed by atoms with E-state index in [0.717, 1.165) is 37.5 Å². The number of rotatable bonds is 4. The Morgan fingerprint density at radius 2 is 1.95 bits per heavy atom. The first-order chi connectivity index (χ1) is 9.90. The van der Waals surface area contributed by atoms with Gasteiger partial charge >= 0.3 is 0 Å². The molecule has 0 aromatic heterocycles. The molecule has 0 amide bonds. The third-order valence-electron chi connectivity index (χ3n) is 4.10. The third kappa shape index (κ3) is 4.60. The van der Waals surface area contributed by atoms with Crippen LogP contribution in [0.5, 0.6) is 0 Å². The summed E-state index contributed by atoms with van der Waals surface area (Å²) in [7, 11) is 0. The minimum atomic E-state index is 0.0698. The van der Waals surface area contributed by atoms with Crippen molar-refractivity contribution in [2.45, 2.75) is 45.7 Å². The molecule has 1 aliphatic rings. The number of benzene rings is 1. The largest absolute Gasteiger partial charge is 0.396 e. The van der Waals surface area contributed by atoms with Crippen LogP contribution in [-0.2, 0) is 6.54 Å². The van der Waals surface area contributed by atoms with E-state index in [1.165, 1.54) is 11.3 Å². The minimum absolute atomic E-state index is 0.0698. The zero-order valence-electron chi connectivity index (χ0n) is 13.3. The molecule has 118 valence electrons. The summed E-state index contributed by atoms with van der Waals surface area (Å²) >= 11 is 6.43. The van der Waals surface area contributed by atoms with Crippen molar-refractivity contribution in [2.24, 2.45) is 5.92 Å². The van der Waals surface area contributed by atoms with Crippen LogP contribution < -0.4 is 10.2 Å². The molecule has 0 atom stereocenters. The maximum atomic E-state index is 9.27. The fourth-order valence-corrected chi connectivity index (χ4v) is 2.96. The Kier molecular flexibility index (Phi) is 5.53. The zero-order chi connectivity index (χ0) is 15.5. The second-order valence-corrected chi connectivity index (χ2v) is 7.36. The number of nitrogens with zero attached hydrogens (tertiary/aromatic N) is 1. The highest BCUT2D eigenvalue weighted by Crippen LogP contribution is 2.31. The summed E-state index contributed by atoms with van der Waals surface area (Å²) in [4.78, 5) is 2.40. The van der Waals surface area contributed by atoms with Crippen molar-refractivity contribution in [1.82, 2.24) is 5.32 Å². The zero-order valence-corrected chi connectivity index (χ0v) is 14.1. The van der Waals surface area contributed by atoms with E-state index in [2.05, 4.69) is 37.1 Å². The number of anilines is 1. The monoisotopic (exact) mass is 310 g/mol. The molecule has 1 aromatic carbocycles. The van der Waals surface area contributed by atoms with Crippen LogP contribution in [0.2, 0.25) is 5.02 Å². The topological polar surface area (TPSA) is 35.5 Å². The Hall–Kier alpha value is -0.770. The van der Waals surface area contributed by atoms with E-state index in [0.29, 0.717) is 12.5 Å². The molecule has 1 aliphatic heterocycles. The van der Waals surface area contributed by atoms with Crippen LogP contribution in [0, 0.1) is 5.92 Å². The van der Waals surface area contributed by atoms with E-state index in [4.69, 9.17) is 11.6 Å². The highest BCUT2D eigenvalue weighted by Gasteiger charge is 2.22. The number of aliphatic hydroxyl groups is 1. The van der Waals surface area contributed by atoms with Gasteiger partial charge in [0.25, 0.3) is 0 Å². The van der Waals surface area contributed by atoms with E-state index >= 15 is 0 Å². The number of nitrogens with one attached hydrogen (secondary N) is 1. The average molecular weight is 311 g/mol. The fourth-order valence-electron chi connectivity index (χ4n) is 2.73. The quantitative estimate of drug-likeness (QED) is 0.894. The van der Waals surface area contributed by atoms with Crippen molar-refractivity contribution in [2.75, 3.05) is 24.6 Å². The molecule has 1 aromatic rings. The molecule has 0 spiro atoms. The molecule has 3 nitrogen and oxygen atoms in total. The van der Waals surface area contributed by atoms with Crippen LogP contribution in [0.3, 0.4) is 0 Å². The number of piperidine rings is 1. The second-order valence-electron chi connectivity index (χ2n) is 6.95. The summed E-state index contributed by atoms with van der Waals surface area (Å²) in [6.07, 6.45) is 2.10. The lowest BCUT2D eigenvalue weighted by molar-refractivity contribution is 0.203. The lowest BCUT2D eigenvalue weighted by atomic mass is 9.96. The summed E-state index contributed by atoms with van der Waals surface area (Å²) in [5.41, 5.74) is 2.48. The molecule has 0 radical (unpaired) electrons. The van der Waals surface area contributed by atoms with Gasteiger partial charge in [0.05, 0.1) is 0 Å². The molecule has 0 aliphatic carbocycles. The van der Waals surface area contributed by atoms with Crippen molar-refractivity contribution in [1.29, 1.82) is 0 Å². The first-order valence-corrected chi connectivity index (χ1v) is 8.17. The normalized spacial score (nSPS) is 17.3. The molecule has 1 saturated heterocycles. The molecule has 21 heavy (non-hydrogen) atoms. The lowest BCUT2D eigenvalue weighted by Crippen LogP contribution is -2.38. The Labute approximate surface area is 133 Å². The third-order valence-corrected chi connectivity index (χ3v) is 4.46. The Morgan fingerprint density at radius 1 is 1.29 bits per heavy atom. The first kappa shape index (κ1) is 16.6. The number of hydrogen-bond acceptors (Lipinski definition) is 3. The first-order valence-electron chi connectivity index (χ1n) is 7.79. The van der Waals surface area contributed by atoms with Crippen LogP contribution in [0.4, 0.5) is 5.69 Å². The summed E-state index contributed by atoms with van der Waals surface area (Å²) in [5, 5.41) is 13.6. The van der Waals surface area contributed by atoms with Gasteiger partial charge in [-0.1, -0.05) is 17.7 Å². The lowest BCUT2D eigenvalue weighted by Gasteiger charge is -2.35. The molecule has 0 unspecified atom stereocenters. The van der Waals surface area contributed by atoms with Crippen LogP contribution >= 0.6 is 11.6 Å². The van der Waals surface area contributed by atoms with Crippen molar-refractivity contribution < 1.29 is 5.11 Å². The van der Waals surface area contributed by atoms with Gasteiger partial charge in [-0.2, -0.15) is 0 Å². The number of aliphatic hydroxyl groups excluding tert-OH is 1. The molecule has 2 rings (SSSR count). The molecular formula is C17H27ClN2O. The SMILES string of the molecule is CC(C)(C)NCc1c(Cl)cccc1N1CCC(CO)CC1. The fraction of sp³-hybridized carbons (Fsp3) is 0.647. The molecule has 4 heteroatoms. The predicted octanol–water partition coefficient (Wildman–Crippen LogP) is 3.44. The highest BCUT2D eigenvalue weighted by atomic mass is 35.5. The van der Waals surface area contributed by atoms with Crippen molar-refractivity contribution in [3.8, 4) is 0 Å². The van der Waals surface area contributed by atoms with Gasteiger partial charge in [0.2, 0.25) is 0 Å². The van der Waals surface area contributed by atoms with E-state index in [1.807, 2.05) is 12.1 Å². The molecule has 2 N–H and O–H groups in total. The van der Waals surface area contributed by atoms with Gasteiger partial charge in [-0.3, -0.25) is 0 Å². The molecule has 1 heterocycles. The van der Waals surface area contributed by atoms with Crippen molar-refractivity contribution in [3.63, 3.8) is 0 Å². The van der Waals surface area contributed by atoms with Crippen molar-refractivity contribution >= 4 is 17.3 Å². The maximum Gasteiger partial charge on any atom is 0.0471 e. The average Bonchev–Trinajstić information content (AvgIpc) is 2.45.